The third kappa shape index (κ3) is 6.39. The van der Waals surface area contributed by atoms with Crippen molar-refractivity contribution >= 4 is 23.7 Å². The molecule has 0 aliphatic heterocycles. The molecular formula is C20H23N3O3. The zero-order chi connectivity index (χ0) is 18.8. The van der Waals surface area contributed by atoms with Crippen molar-refractivity contribution in [3.8, 4) is 5.75 Å². The molecule has 0 saturated carbocycles. The Kier molecular flexibility index (Phi) is 7.36. The number of unbranched alkanes of at least 4 members (excludes halogenated alkanes) is 1. The lowest BCUT2D eigenvalue weighted by atomic mass is 10.2. The van der Waals surface area contributed by atoms with E-state index >= 15 is 0 Å². The minimum Gasteiger partial charge on any atom is -0.494 e. The maximum absolute atomic E-state index is 11.8. The summed E-state index contributed by atoms with van der Waals surface area (Å²) in [5, 5.41) is 6.31. The van der Waals surface area contributed by atoms with E-state index in [-0.39, 0.29) is 0 Å². The van der Waals surface area contributed by atoms with Crippen molar-refractivity contribution in [2.24, 2.45) is 5.10 Å². The third-order valence-electron chi connectivity index (χ3n) is 3.54. The zero-order valence-corrected chi connectivity index (χ0v) is 15.0. The number of nitrogens with one attached hydrogen (secondary N) is 2. The highest BCUT2D eigenvalue weighted by molar-refractivity contribution is 6.39. The molecule has 2 aromatic carbocycles. The summed E-state index contributed by atoms with van der Waals surface area (Å²) in [5.41, 5.74) is 4.61. The predicted molar refractivity (Wildman–Crippen MR) is 102 cm³/mol. The number of amides is 2. The predicted octanol–water partition coefficient (Wildman–Crippen LogP) is 3.26. The molecule has 0 aliphatic carbocycles. The summed E-state index contributed by atoms with van der Waals surface area (Å²) in [7, 11) is 0. The average Bonchev–Trinajstić information content (AvgIpc) is 2.65. The van der Waals surface area contributed by atoms with Gasteiger partial charge in [-0.1, -0.05) is 31.0 Å². The SMILES string of the molecule is CCCCOc1ccc(/C=N\NC(=O)C(=O)Nc2ccc(C)cc2)cc1. The van der Waals surface area contributed by atoms with Crippen molar-refractivity contribution in [3.63, 3.8) is 0 Å². The molecule has 2 amide bonds. The highest BCUT2D eigenvalue weighted by Crippen LogP contribution is 2.11. The minimum atomic E-state index is -0.832. The fraction of sp³-hybridized carbons (Fsp3) is 0.250. The van der Waals surface area contributed by atoms with Crippen LogP contribution < -0.4 is 15.5 Å². The van der Waals surface area contributed by atoms with Crippen molar-refractivity contribution in [2.45, 2.75) is 26.7 Å². The summed E-state index contributed by atoms with van der Waals surface area (Å²) >= 11 is 0. The van der Waals surface area contributed by atoms with Gasteiger partial charge in [-0.2, -0.15) is 5.10 Å². The zero-order valence-electron chi connectivity index (χ0n) is 15.0. The lowest BCUT2D eigenvalue weighted by molar-refractivity contribution is -0.136. The van der Waals surface area contributed by atoms with E-state index in [0.29, 0.717) is 12.3 Å². The van der Waals surface area contributed by atoms with Crippen LogP contribution in [0.4, 0.5) is 5.69 Å². The molecule has 0 spiro atoms. The van der Waals surface area contributed by atoms with Crippen LogP contribution in [0.3, 0.4) is 0 Å². The van der Waals surface area contributed by atoms with Crippen molar-refractivity contribution in [1.82, 2.24) is 5.43 Å². The van der Waals surface area contributed by atoms with E-state index in [2.05, 4.69) is 22.8 Å². The lowest BCUT2D eigenvalue weighted by Gasteiger charge is -2.05. The second-order valence-electron chi connectivity index (χ2n) is 5.79. The molecule has 136 valence electrons. The number of hydrogen-bond acceptors (Lipinski definition) is 4. The quantitative estimate of drug-likeness (QED) is 0.347. The number of ether oxygens (including phenoxy) is 1. The molecule has 0 aliphatic rings. The molecule has 26 heavy (non-hydrogen) atoms. The van der Waals surface area contributed by atoms with Gasteiger partial charge in [-0.25, -0.2) is 5.43 Å². The van der Waals surface area contributed by atoms with Crippen LogP contribution in [0.5, 0.6) is 5.75 Å². The van der Waals surface area contributed by atoms with Crippen LogP contribution in [0.25, 0.3) is 0 Å². The van der Waals surface area contributed by atoms with E-state index in [1.807, 2.05) is 43.3 Å². The first kappa shape index (κ1) is 19.2. The van der Waals surface area contributed by atoms with Gasteiger partial charge in [0.1, 0.15) is 5.75 Å². The van der Waals surface area contributed by atoms with Gasteiger partial charge in [-0.05, 0) is 55.3 Å². The van der Waals surface area contributed by atoms with Crippen LogP contribution in [0.2, 0.25) is 0 Å². The number of benzene rings is 2. The highest BCUT2D eigenvalue weighted by Gasteiger charge is 2.12. The van der Waals surface area contributed by atoms with Crippen LogP contribution in [0.15, 0.2) is 53.6 Å². The molecule has 0 unspecified atom stereocenters. The Morgan fingerprint density at radius 2 is 1.73 bits per heavy atom. The number of rotatable bonds is 7. The molecule has 0 saturated heterocycles. The summed E-state index contributed by atoms with van der Waals surface area (Å²) in [6.45, 7) is 4.74. The molecule has 0 radical (unpaired) electrons. The summed E-state index contributed by atoms with van der Waals surface area (Å²) in [6.07, 6.45) is 3.56. The van der Waals surface area contributed by atoms with Crippen LogP contribution in [0.1, 0.15) is 30.9 Å². The first-order valence-corrected chi connectivity index (χ1v) is 8.52. The Morgan fingerprint density at radius 1 is 1.04 bits per heavy atom. The van der Waals surface area contributed by atoms with E-state index < -0.39 is 11.8 Å². The monoisotopic (exact) mass is 353 g/mol. The summed E-state index contributed by atoms with van der Waals surface area (Å²) in [6, 6.07) is 14.5. The van der Waals surface area contributed by atoms with E-state index in [0.717, 1.165) is 29.7 Å². The van der Waals surface area contributed by atoms with Gasteiger partial charge in [0.15, 0.2) is 0 Å². The molecule has 2 rings (SSSR count). The Balaban J connectivity index is 1.80. The van der Waals surface area contributed by atoms with E-state index in [1.165, 1.54) is 6.21 Å². The van der Waals surface area contributed by atoms with Crippen LogP contribution in [-0.2, 0) is 9.59 Å². The fourth-order valence-electron chi connectivity index (χ4n) is 2.03. The molecule has 0 bridgehead atoms. The molecule has 0 heterocycles. The molecule has 2 N–H and O–H groups in total. The Hall–Kier alpha value is -3.15. The van der Waals surface area contributed by atoms with Gasteiger partial charge in [0, 0.05) is 5.69 Å². The average molecular weight is 353 g/mol. The maximum atomic E-state index is 11.8. The summed E-state index contributed by atoms with van der Waals surface area (Å²) in [5.74, 6) is -0.816. The molecular weight excluding hydrogens is 330 g/mol. The van der Waals surface area contributed by atoms with E-state index in [4.69, 9.17) is 4.74 Å². The van der Waals surface area contributed by atoms with Crippen LogP contribution in [0, 0.1) is 6.92 Å². The molecule has 6 nitrogen and oxygen atoms in total. The number of anilines is 1. The lowest BCUT2D eigenvalue weighted by Crippen LogP contribution is -2.32. The smallest absolute Gasteiger partial charge is 0.329 e. The van der Waals surface area contributed by atoms with Crippen molar-refractivity contribution in [1.29, 1.82) is 0 Å². The second-order valence-corrected chi connectivity index (χ2v) is 5.79. The number of carbonyl (C=O) groups is 2. The standard InChI is InChI=1S/C20H23N3O3/c1-3-4-13-26-18-11-7-16(8-12-18)14-21-23-20(25)19(24)22-17-9-5-15(2)6-10-17/h5-12,14H,3-4,13H2,1-2H3,(H,22,24)(H,23,25)/b21-14-. The summed E-state index contributed by atoms with van der Waals surface area (Å²) < 4.78 is 5.57. The van der Waals surface area contributed by atoms with Gasteiger partial charge in [-0.15, -0.1) is 0 Å². The van der Waals surface area contributed by atoms with Gasteiger partial charge in [0.25, 0.3) is 0 Å². The number of carbonyl (C=O) groups excluding carboxylic acids is 2. The molecule has 0 fully saturated rings. The van der Waals surface area contributed by atoms with Crippen LogP contribution in [-0.4, -0.2) is 24.6 Å². The van der Waals surface area contributed by atoms with Gasteiger partial charge >= 0.3 is 11.8 Å². The summed E-state index contributed by atoms with van der Waals surface area (Å²) in [4.78, 5) is 23.5. The molecule has 0 atom stereocenters. The van der Waals surface area contributed by atoms with Gasteiger partial charge in [0.05, 0.1) is 12.8 Å². The molecule has 6 heteroatoms. The largest absolute Gasteiger partial charge is 0.494 e. The number of hydrazone groups is 1. The normalized spacial score (nSPS) is 10.5. The second kappa shape index (κ2) is 9.98. The first-order valence-electron chi connectivity index (χ1n) is 8.52. The number of hydrogen-bond donors (Lipinski definition) is 2. The topological polar surface area (TPSA) is 79.8 Å². The van der Waals surface area contributed by atoms with Gasteiger partial charge in [0.2, 0.25) is 0 Å². The van der Waals surface area contributed by atoms with Gasteiger partial charge in [-0.3, -0.25) is 9.59 Å². The fourth-order valence-corrected chi connectivity index (χ4v) is 2.03. The minimum absolute atomic E-state index is 0.554. The Bertz CT molecular complexity index is 753. The molecule has 2 aromatic rings. The maximum Gasteiger partial charge on any atom is 0.329 e. The van der Waals surface area contributed by atoms with Crippen molar-refractivity contribution in [3.05, 3.63) is 59.7 Å². The van der Waals surface area contributed by atoms with Gasteiger partial charge < -0.3 is 10.1 Å². The third-order valence-corrected chi connectivity index (χ3v) is 3.54. The molecule has 0 aromatic heterocycles. The first-order chi connectivity index (χ1) is 12.6. The number of nitrogens with zero attached hydrogens (tertiary/aromatic N) is 1. The van der Waals surface area contributed by atoms with Crippen molar-refractivity contribution in [2.75, 3.05) is 11.9 Å². The number of aryl methyl sites for hydroxylation is 1. The Labute approximate surface area is 153 Å². The van der Waals surface area contributed by atoms with Crippen LogP contribution >= 0.6 is 0 Å². The Morgan fingerprint density at radius 3 is 2.38 bits per heavy atom. The van der Waals surface area contributed by atoms with E-state index in [9.17, 15) is 9.59 Å². The highest BCUT2D eigenvalue weighted by atomic mass is 16.5. The van der Waals surface area contributed by atoms with Crippen molar-refractivity contribution < 1.29 is 14.3 Å². The van der Waals surface area contributed by atoms with E-state index in [1.54, 1.807) is 12.1 Å².